The molecule has 6 heteroatoms. The molecule has 0 N–H and O–H groups in total. The van der Waals surface area contributed by atoms with Crippen LogP contribution in [0.5, 0.6) is 5.75 Å². The van der Waals surface area contributed by atoms with Crippen molar-refractivity contribution in [1.29, 1.82) is 0 Å². The Bertz CT molecular complexity index is 1020. The van der Waals surface area contributed by atoms with Crippen molar-refractivity contribution < 1.29 is 23.5 Å². The number of aldehydes is 1. The fraction of sp³-hybridized carbons (Fsp3) is 0.320. The Morgan fingerprint density at radius 1 is 1.10 bits per heavy atom. The lowest BCUT2D eigenvalue weighted by molar-refractivity contribution is -0.154. The van der Waals surface area contributed by atoms with Crippen molar-refractivity contribution in [2.24, 2.45) is 0 Å². The van der Waals surface area contributed by atoms with Crippen LogP contribution in [0, 0.1) is 0 Å². The van der Waals surface area contributed by atoms with Crippen LogP contribution in [0.2, 0.25) is 0 Å². The van der Waals surface area contributed by atoms with E-state index in [4.69, 9.17) is 13.9 Å². The van der Waals surface area contributed by atoms with E-state index in [0.29, 0.717) is 36.7 Å². The van der Waals surface area contributed by atoms with Crippen molar-refractivity contribution in [3.63, 3.8) is 0 Å². The molecule has 0 bridgehead atoms. The maximum absolute atomic E-state index is 11.9. The number of oxazole rings is 1. The summed E-state index contributed by atoms with van der Waals surface area (Å²) in [7, 11) is 0. The minimum atomic E-state index is -0.520. The molecule has 0 radical (unpaired) electrons. The van der Waals surface area contributed by atoms with Crippen LogP contribution in [0.15, 0.2) is 59.2 Å². The Morgan fingerprint density at radius 3 is 2.58 bits per heavy atom. The lowest BCUT2D eigenvalue weighted by Gasteiger charge is -2.19. The van der Waals surface area contributed by atoms with Gasteiger partial charge in [0.25, 0.3) is 0 Å². The van der Waals surface area contributed by atoms with Gasteiger partial charge in [0, 0.05) is 24.0 Å². The van der Waals surface area contributed by atoms with Gasteiger partial charge in [-0.2, -0.15) is 0 Å². The van der Waals surface area contributed by atoms with Crippen molar-refractivity contribution in [2.75, 3.05) is 6.61 Å². The molecule has 0 spiro atoms. The highest BCUT2D eigenvalue weighted by atomic mass is 16.6. The molecule has 0 fully saturated rings. The molecule has 0 amide bonds. The largest absolute Gasteiger partial charge is 0.493 e. The third-order valence-electron chi connectivity index (χ3n) is 4.46. The first kappa shape index (κ1) is 22.3. The topological polar surface area (TPSA) is 78.6 Å². The quantitative estimate of drug-likeness (QED) is 0.355. The summed E-state index contributed by atoms with van der Waals surface area (Å²) in [5, 5.41) is 0. The molecule has 0 unspecified atom stereocenters. The number of aromatic nitrogens is 1. The van der Waals surface area contributed by atoms with E-state index in [0.717, 1.165) is 23.1 Å². The summed E-state index contributed by atoms with van der Waals surface area (Å²) in [6.45, 7) is 5.89. The smallest absolute Gasteiger partial charge is 0.306 e. The van der Waals surface area contributed by atoms with Gasteiger partial charge in [-0.3, -0.25) is 9.59 Å². The van der Waals surface area contributed by atoms with Crippen molar-refractivity contribution in [1.82, 2.24) is 4.98 Å². The number of carbonyl (C=O) groups excluding carboxylic acids is 2. The molecule has 0 aliphatic rings. The van der Waals surface area contributed by atoms with Crippen LogP contribution in [0.1, 0.15) is 48.8 Å². The van der Waals surface area contributed by atoms with Gasteiger partial charge in [-0.25, -0.2) is 4.98 Å². The van der Waals surface area contributed by atoms with Crippen molar-refractivity contribution >= 4 is 12.3 Å². The number of ether oxygens (including phenoxy) is 2. The van der Waals surface area contributed by atoms with E-state index in [-0.39, 0.29) is 12.4 Å². The second kappa shape index (κ2) is 10.1. The molecule has 0 atom stereocenters. The van der Waals surface area contributed by atoms with Crippen LogP contribution in [0.25, 0.3) is 11.5 Å². The van der Waals surface area contributed by atoms with Crippen LogP contribution in [0.4, 0.5) is 0 Å². The van der Waals surface area contributed by atoms with E-state index in [2.05, 4.69) is 4.98 Å². The van der Waals surface area contributed by atoms with Gasteiger partial charge in [-0.15, -0.1) is 0 Å². The molecule has 0 aliphatic carbocycles. The van der Waals surface area contributed by atoms with E-state index >= 15 is 0 Å². The molecule has 1 aromatic heterocycles. The van der Waals surface area contributed by atoms with Gasteiger partial charge in [0.15, 0.2) is 0 Å². The second-order valence-electron chi connectivity index (χ2n) is 8.17. The predicted octanol–water partition coefficient (Wildman–Crippen LogP) is 5.05. The van der Waals surface area contributed by atoms with Crippen molar-refractivity contribution in [2.45, 2.75) is 45.6 Å². The SMILES string of the molecule is CC(C)(C)OC(=O)CCc1ccc(OCCc2coc(-c3ccccc3)n2)cc1C=O. The molecule has 3 rings (SSSR count). The zero-order valence-corrected chi connectivity index (χ0v) is 18.1. The Kier molecular flexibility index (Phi) is 7.23. The normalized spacial score (nSPS) is 11.2. The molecule has 0 saturated carbocycles. The molecule has 0 aliphatic heterocycles. The Balaban J connectivity index is 1.53. The summed E-state index contributed by atoms with van der Waals surface area (Å²) < 4.78 is 16.6. The van der Waals surface area contributed by atoms with E-state index in [1.54, 1.807) is 18.4 Å². The van der Waals surface area contributed by atoms with Gasteiger partial charge in [0.05, 0.1) is 12.3 Å². The van der Waals surface area contributed by atoms with E-state index in [1.807, 2.05) is 57.2 Å². The van der Waals surface area contributed by atoms with E-state index in [1.165, 1.54) is 0 Å². The number of benzene rings is 2. The lowest BCUT2D eigenvalue weighted by atomic mass is 10.0. The number of hydrogen-bond acceptors (Lipinski definition) is 6. The third-order valence-corrected chi connectivity index (χ3v) is 4.46. The molecular weight excluding hydrogens is 394 g/mol. The number of carbonyl (C=O) groups is 2. The van der Waals surface area contributed by atoms with Gasteiger partial charge < -0.3 is 13.9 Å². The molecule has 2 aromatic carbocycles. The van der Waals surface area contributed by atoms with E-state index in [9.17, 15) is 9.59 Å². The summed E-state index contributed by atoms with van der Waals surface area (Å²) in [5.41, 5.74) is 2.50. The molecule has 6 nitrogen and oxygen atoms in total. The van der Waals surface area contributed by atoms with Gasteiger partial charge >= 0.3 is 5.97 Å². The Morgan fingerprint density at radius 2 is 1.87 bits per heavy atom. The minimum absolute atomic E-state index is 0.216. The summed E-state index contributed by atoms with van der Waals surface area (Å²) >= 11 is 0. The van der Waals surface area contributed by atoms with Crippen LogP contribution in [-0.4, -0.2) is 29.4 Å². The van der Waals surface area contributed by atoms with Crippen LogP contribution >= 0.6 is 0 Å². The fourth-order valence-corrected chi connectivity index (χ4v) is 3.04. The number of nitrogens with zero attached hydrogens (tertiary/aromatic N) is 1. The van der Waals surface area contributed by atoms with Gasteiger partial charge in [-0.1, -0.05) is 24.3 Å². The van der Waals surface area contributed by atoms with Crippen molar-refractivity contribution in [3.05, 3.63) is 71.6 Å². The first-order chi connectivity index (χ1) is 14.8. The number of hydrogen-bond donors (Lipinski definition) is 0. The molecule has 0 saturated heterocycles. The zero-order valence-electron chi connectivity index (χ0n) is 18.1. The highest BCUT2D eigenvalue weighted by Crippen LogP contribution is 2.21. The van der Waals surface area contributed by atoms with Crippen LogP contribution in [0.3, 0.4) is 0 Å². The number of esters is 1. The first-order valence-corrected chi connectivity index (χ1v) is 10.3. The Hall–Kier alpha value is -3.41. The monoisotopic (exact) mass is 421 g/mol. The van der Waals surface area contributed by atoms with Gasteiger partial charge in [0.1, 0.15) is 23.9 Å². The minimum Gasteiger partial charge on any atom is -0.493 e. The maximum atomic E-state index is 11.9. The van der Waals surface area contributed by atoms with Gasteiger partial charge in [-0.05, 0) is 57.0 Å². The van der Waals surface area contributed by atoms with Crippen LogP contribution in [-0.2, 0) is 22.4 Å². The molecule has 162 valence electrons. The number of aryl methyl sites for hydroxylation is 1. The van der Waals surface area contributed by atoms with Crippen LogP contribution < -0.4 is 4.74 Å². The third kappa shape index (κ3) is 6.81. The average molecular weight is 421 g/mol. The van der Waals surface area contributed by atoms with Crippen molar-refractivity contribution in [3.8, 4) is 17.2 Å². The van der Waals surface area contributed by atoms with Gasteiger partial charge in [0.2, 0.25) is 5.89 Å². The summed E-state index contributed by atoms with van der Waals surface area (Å²) in [6.07, 6.45) is 3.63. The molecular formula is C25H27NO5. The average Bonchev–Trinajstić information content (AvgIpc) is 3.21. The predicted molar refractivity (Wildman–Crippen MR) is 117 cm³/mol. The maximum Gasteiger partial charge on any atom is 0.306 e. The highest BCUT2D eigenvalue weighted by molar-refractivity contribution is 5.79. The zero-order chi connectivity index (χ0) is 22.3. The summed E-state index contributed by atoms with van der Waals surface area (Å²) in [5.74, 6) is 0.884. The fourth-order valence-electron chi connectivity index (χ4n) is 3.04. The van der Waals surface area contributed by atoms with E-state index < -0.39 is 5.60 Å². The molecule has 3 aromatic rings. The molecule has 1 heterocycles. The number of rotatable bonds is 9. The molecule has 31 heavy (non-hydrogen) atoms. The standard InChI is InChI=1S/C25H27NO5/c1-25(2,3)31-23(28)12-10-18-9-11-22(15-20(18)16-27)29-14-13-21-17-30-24(26-21)19-7-5-4-6-8-19/h4-9,11,15-17H,10,12-14H2,1-3H3. The second-order valence-corrected chi connectivity index (χ2v) is 8.17. The highest BCUT2D eigenvalue weighted by Gasteiger charge is 2.16. The summed E-state index contributed by atoms with van der Waals surface area (Å²) in [4.78, 5) is 27.9. The summed E-state index contributed by atoms with van der Waals surface area (Å²) in [6, 6.07) is 15.0. The lowest BCUT2D eigenvalue weighted by Crippen LogP contribution is -2.24. The Labute approximate surface area is 182 Å². The first-order valence-electron chi connectivity index (χ1n) is 10.3.